The largest absolute Gasteiger partial charge is 0.495 e. The fraction of sp³-hybridized carbons (Fsp3) is 0.300. The van der Waals surface area contributed by atoms with Crippen LogP contribution in [0.4, 0.5) is 20.2 Å². The number of halogens is 3. The van der Waals surface area contributed by atoms with Gasteiger partial charge in [0.2, 0.25) is 0 Å². The molecule has 1 aromatic rings. The molecule has 1 aromatic carbocycles. The first kappa shape index (κ1) is 14.3. The van der Waals surface area contributed by atoms with Gasteiger partial charge in [-0.1, -0.05) is 0 Å². The van der Waals surface area contributed by atoms with Crippen LogP contribution in [0.1, 0.15) is 0 Å². The van der Waals surface area contributed by atoms with Gasteiger partial charge in [0.15, 0.2) is 0 Å². The van der Waals surface area contributed by atoms with E-state index in [9.17, 15) is 13.6 Å². The van der Waals surface area contributed by atoms with Crippen molar-refractivity contribution in [2.24, 2.45) is 0 Å². The molecule has 0 aromatic heterocycles. The predicted molar refractivity (Wildman–Crippen MR) is 63.4 cm³/mol. The zero-order valence-corrected chi connectivity index (χ0v) is 10.3. The number of nitrogens with two attached hydrogens (primary N) is 1. The number of alkyl halides is 3. The van der Waals surface area contributed by atoms with Gasteiger partial charge in [0, 0.05) is 0 Å². The summed E-state index contributed by atoms with van der Waals surface area (Å²) in [6.07, 6.45) is 0. The van der Waals surface area contributed by atoms with Crippen molar-refractivity contribution in [2.45, 2.75) is 5.38 Å². The third kappa shape index (κ3) is 2.92. The zero-order chi connectivity index (χ0) is 13.9. The normalized spacial score (nSPS) is 10.9. The molecule has 8 heteroatoms. The molecule has 1 rings (SSSR count). The smallest absolute Gasteiger partial charge is 0.400 e. The average Bonchev–Trinajstić information content (AvgIpc) is 2.30. The van der Waals surface area contributed by atoms with Gasteiger partial charge in [0.05, 0.1) is 14.2 Å². The van der Waals surface area contributed by atoms with Crippen molar-refractivity contribution in [3.8, 4) is 11.5 Å². The third-order valence-corrected chi connectivity index (χ3v) is 2.27. The number of carbonyl (C=O) groups excluding carboxylic acids is 1. The molecule has 0 saturated heterocycles. The molecule has 0 aliphatic carbocycles. The van der Waals surface area contributed by atoms with Gasteiger partial charge >= 0.3 is 11.3 Å². The standard InChI is InChI=1S/C10H11ClF2N2O3/c1-17-5-3-4-6(18-2)8(7(5)14)15-9(16)10(11,12)13/h3-4H,14H2,1-2H3,(H,15,16). The molecule has 0 radical (unpaired) electrons. The first-order valence-electron chi connectivity index (χ1n) is 4.70. The Labute approximate surface area is 107 Å². The summed E-state index contributed by atoms with van der Waals surface area (Å²) in [4.78, 5) is 11.1. The lowest BCUT2D eigenvalue weighted by molar-refractivity contribution is -0.130. The third-order valence-electron chi connectivity index (χ3n) is 2.10. The summed E-state index contributed by atoms with van der Waals surface area (Å²) >= 11 is 4.60. The van der Waals surface area contributed by atoms with Gasteiger partial charge < -0.3 is 20.5 Å². The van der Waals surface area contributed by atoms with E-state index in [0.717, 1.165) is 0 Å². The lowest BCUT2D eigenvalue weighted by atomic mass is 10.2. The fourth-order valence-electron chi connectivity index (χ4n) is 1.24. The van der Waals surface area contributed by atoms with E-state index >= 15 is 0 Å². The van der Waals surface area contributed by atoms with Gasteiger partial charge in [-0.2, -0.15) is 8.78 Å². The van der Waals surface area contributed by atoms with Crippen LogP contribution < -0.4 is 20.5 Å². The monoisotopic (exact) mass is 280 g/mol. The number of ether oxygens (including phenoxy) is 2. The summed E-state index contributed by atoms with van der Waals surface area (Å²) in [6.45, 7) is 0. The zero-order valence-electron chi connectivity index (χ0n) is 9.59. The van der Waals surface area contributed by atoms with Gasteiger partial charge in [-0.25, -0.2) is 0 Å². The maximum Gasteiger partial charge on any atom is 0.400 e. The Morgan fingerprint density at radius 2 is 1.83 bits per heavy atom. The molecule has 0 aliphatic rings. The Morgan fingerprint density at radius 3 is 2.28 bits per heavy atom. The highest BCUT2D eigenvalue weighted by atomic mass is 35.5. The van der Waals surface area contributed by atoms with Gasteiger partial charge in [-0.15, -0.1) is 0 Å². The van der Waals surface area contributed by atoms with Crippen LogP contribution in [0.15, 0.2) is 12.1 Å². The van der Waals surface area contributed by atoms with E-state index < -0.39 is 11.3 Å². The van der Waals surface area contributed by atoms with E-state index in [1.54, 1.807) is 0 Å². The second-order valence-electron chi connectivity index (χ2n) is 3.21. The molecule has 0 atom stereocenters. The number of rotatable bonds is 4. The molecule has 0 unspecified atom stereocenters. The molecule has 100 valence electrons. The fourth-order valence-corrected chi connectivity index (χ4v) is 1.29. The van der Waals surface area contributed by atoms with Gasteiger partial charge in [-0.05, 0) is 23.7 Å². The minimum atomic E-state index is -4.04. The topological polar surface area (TPSA) is 73.6 Å². The van der Waals surface area contributed by atoms with E-state index in [-0.39, 0.29) is 22.9 Å². The van der Waals surface area contributed by atoms with Gasteiger partial charge in [0.1, 0.15) is 22.9 Å². The highest BCUT2D eigenvalue weighted by molar-refractivity contribution is 6.34. The van der Waals surface area contributed by atoms with E-state index in [4.69, 9.17) is 15.2 Å². The number of anilines is 2. The van der Waals surface area contributed by atoms with Crippen molar-refractivity contribution < 1.29 is 23.0 Å². The molecule has 5 nitrogen and oxygen atoms in total. The van der Waals surface area contributed by atoms with Crippen LogP contribution in [0.5, 0.6) is 11.5 Å². The molecule has 0 saturated carbocycles. The molecular formula is C10H11ClF2N2O3. The molecule has 0 bridgehead atoms. The Morgan fingerprint density at radius 1 is 1.33 bits per heavy atom. The number of nitrogen functional groups attached to an aromatic ring is 1. The molecule has 3 N–H and O–H groups in total. The van der Waals surface area contributed by atoms with Crippen molar-refractivity contribution in [3.63, 3.8) is 0 Å². The summed E-state index contributed by atoms with van der Waals surface area (Å²) < 4.78 is 35.0. The number of benzene rings is 1. The van der Waals surface area contributed by atoms with Crippen LogP contribution >= 0.6 is 11.6 Å². The van der Waals surface area contributed by atoms with E-state index in [1.165, 1.54) is 26.4 Å². The van der Waals surface area contributed by atoms with Crippen LogP contribution in [0.3, 0.4) is 0 Å². The number of hydrogen-bond donors (Lipinski definition) is 2. The first-order chi connectivity index (χ1) is 8.31. The number of nitrogens with one attached hydrogen (secondary N) is 1. The van der Waals surface area contributed by atoms with Gasteiger partial charge in [-0.3, -0.25) is 4.79 Å². The van der Waals surface area contributed by atoms with E-state index in [0.29, 0.717) is 0 Å². The summed E-state index contributed by atoms with van der Waals surface area (Å²) in [7, 11) is 2.65. The van der Waals surface area contributed by atoms with Crippen LogP contribution in [0.2, 0.25) is 0 Å². The molecule has 0 fully saturated rings. The minimum absolute atomic E-state index is 0.0360. The van der Waals surface area contributed by atoms with Crippen molar-refractivity contribution in [3.05, 3.63) is 12.1 Å². The summed E-state index contributed by atoms with van der Waals surface area (Å²) in [5.41, 5.74) is 5.50. The Kier molecular flexibility index (Phi) is 4.18. The second kappa shape index (κ2) is 5.26. The predicted octanol–water partition coefficient (Wildman–Crippen LogP) is 2.06. The molecule has 18 heavy (non-hydrogen) atoms. The van der Waals surface area contributed by atoms with Gasteiger partial charge in [0.25, 0.3) is 0 Å². The number of amides is 1. The molecular weight excluding hydrogens is 270 g/mol. The highest BCUT2D eigenvalue weighted by Gasteiger charge is 2.36. The van der Waals surface area contributed by atoms with Crippen LogP contribution in [0.25, 0.3) is 0 Å². The van der Waals surface area contributed by atoms with Crippen molar-refractivity contribution in [1.82, 2.24) is 0 Å². The van der Waals surface area contributed by atoms with Crippen molar-refractivity contribution in [1.29, 1.82) is 0 Å². The van der Waals surface area contributed by atoms with Crippen molar-refractivity contribution >= 4 is 28.9 Å². The number of methoxy groups -OCH3 is 2. The summed E-state index contributed by atoms with van der Waals surface area (Å²) in [5, 5.41) is -2.15. The molecule has 0 aliphatic heterocycles. The average molecular weight is 281 g/mol. The SMILES string of the molecule is COc1ccc(OC)c(NC(=O)C(F)(F)Cl)c1N. The quantitative estimate of drug-likeness (QED) is 0.654. The maximum absolute atomic E-state index is 12.6. The van der Waals surface area contributed by atoms with Crippen LogP contribution in [0, 0.1) is 0 Å². The second-order valence-corrected chi connectivity index (χ2v) is 3.69. The Hall–Kier alpha value is -1.76. The molecule has 0 heterocycles. The number of carbonyl (C=O) groups is 1. The van der Waals surface area contributed by atoms with Crippen LogP contribution in [-0.4, -0.2) is 25.5 Å². The van der Waals surface area contributed by atoms with Crippen molar-refractivity contribution in [2.75, 3.05) is 25.3 Å². The Balaban J connectivity index is 3.17. The van der Waals surface area contributed by atoms with E-state index in [2.05, 4.69) is 11.6 Å². The molecule has 1 amide bonds. The Bertz CT molecular complexity index is 463. The molecule has 0 spiro atoms. The highest BCUT2D eigenvalue weighted by Crippen LogP contribution is 2.38. The van der Waals surface area contributed by atoms with Crippen LogP contribution in [-0.2, 0) is 4.79 Å². The summed E-state index contributed by atoms with van der Waals surface area (Å²) in [6, 6.07) is 2.89. The summed E-state index contributed by atoms with van der Waals surface area (Å²) in [5.74, 6) is -1.38. The lowest BCUT2D eigenvalue weighted by Gasteiger charge is -2.16. The van der Waals surface area contributed by atoms with E-state index in [1.807, 2.05) is 5.32 Å². The first-order valence-corrected chi connectivity index (χ1v) is 5.07. The lowest BCUT2D eigenvalue weighted by Crippen LogP contribution is -2.29. The number of hydrogen-bond acceptors (Lipinski definition) is 4. The minimum Gasteiger partial charge on any atom is -0.495 e. The maximum atomic E-state index is 12.6.